The van der Waals surface area contributed by atoms with Crippen molar-refractivity contribution in [3.8, 4) is 0 Å². The van der Waals surface area contributed by atoms with E-state index in [1.807, 2.05) is 24.2 Å². The number of aromatic nitrogens is 1. The monoisotopic (exact) mass is 252 g/mol. The number of nitrogens with one attached hydrogen (secondary N) is 1. The highest BCUT2D eigenvalue weighted by Crippen LogP contribution is 2.04. The summed E-state index contributed by atoms with van der Waals surface area (Å²) in [7, 11) is 0. The van der Waals surface area contributed by atoms with Crippen LogP contribution in [0, 0.1) is 6.92 Å². The highest BCUT2D eigenvalue weighted by atomic mass is 32.2. The SMILES string of the molecule is CSCCCCCCNCc1cncc(C)c1. The van der Waals surface area contributed by atoms with Crippen LogP contribution in [0.4, 0.5) is 0 Å². The van der Waals surface area contributed by atoms with Gasteiger partial charge in [0.15, 0.2) is 0 Å². The molecular formula is C14H24N2S. The fourth-order valence-corrected chi connectivity index (χ4v) is 2.29. The van der Waals surface area contributed by atoms with E-state index in [-0.39, 0.29) is 0 Å². The zero-order valence-electron chi connectivity index (χ0n) is 11.0. The maximum Gasteiger partial charge on any atom is 0.0313 e. The summed E-state index contributed by atoms with van der Waals surface area (Å²) in [5.74, 6) is 1.31. The van der Waals surface area contributed by atoms with E-state index in [1.54, 1.807) is 0 Å². The van der Waals surface area contributed by atoms with Crippen molar-refractivity contribution in [1.82, 2.24) is 10.3 Å². The van der Waals surface area contributed by atoms with Crippen LogP contribution in [0.1, 0.15) is 36.8 Å². The Kier molecular flexibility index (Phi) is 8.10. The Morgan fingerprint density at radius 2 is 2.00 bits per heavy atom. The van der Waals surface area contributed by atoms with Crippen LogP contribution < -0.4 is 5.32 Å². The van der Waals surface area contributed by atoms with E-state index in [2.05, 4.69) is 29.5 Å². The molecule has 0 aromatic carbocycles. The Morgan fingerprint density at radius 3 is 2.76 bits per heavy atom. The molecule has 0 aliphatic heterocycles. The van der Waals surface area contributed by atoms with Gasteiger partial charge in [-0.05, 0) is 49.4 Å². The molecule has 1 N–H and O–H groups in total. The number of nitrogens with zero attached hydrogens (tertiary/aromatic N) is 1. The van der Waals surface area contributed by atoms with E-state index in [4.69, 9.17) is 0 Å². The molecule has 0 fully saturated rings. The van der Waals surface area contributed by atoms with Crippen LogP contribution in [-0.2, 0) is 6.54 Å². The summed E-state index contributed by atoms with van der Waals surface area (Å²) < 4.78 is 0. The molecule has 0 aliphatic carbocycles. The molecule has 1 aromatic rings. The van der Waals surface area contributed by atoms with E-state index in [9.17, 15) is 0 Å². The molecule has 96 valence electrons. The van der Waals surface area contributed by atoms with E-state index >= 15 is 0 Å². The van der Waals surface area contributed by atoms with Crippen LogP contribution in [0.5, 0.6) is 0 Å². The molecule has 0 atom stereocenters. The average molecular weight is 252 g/mol. The Morgan fingerprint density at radius 1 is 1.18 bits per heavy atom. The third-order valence-electron chi connectivity index (χ3n) is 2.71. The summed E-state index contributed by atoms with van der Waals surface area (Å²) in [6.45, 7) is 4.15. The summed E-state index contributed by atoms with van der Waals surface area (Å²) >= 11 is 1.95. The van der Waals surface area contributed by atoms with Crippen LogP contribution in [0.15, 0.2) is 18.5 Å². The molecule has 1 rings (SSSR count). The average Bonchev–Trinajstić information content (AvgIpc) is 2.33. The summed E-state index contributed by atoms with van der Waals surface area (Å²) in [6, 6.07) is 2.19. The molecule has 1 aromatic heterocycles. The van der Waals surface area contributed by atoms with Gasteiger partial charge in [-0.15, -0.1) is 0 Å². The van der Waals surface area contributed by atoms with Gasteiger partial charge in [-0.2, -0.15) is 11.8 Å². The van der Waals surface area contributed by atoms with Crippen molar-refractivity contribution in [2.75, 3.05) is 18.6 Å². The van der Waals surface area contributed by atoms with Gasteiger partial charge in [-0.1, -0.05) is 18.9 Å². The minimum absolute atomic E-state index is 0.944. The first-order valence-corrected chi connectivity index (χ1v) is 7.82. The van der Waals surface area contributed by atoms with Gasteiger partial charge < -0.3 is 5.32 Å². The Balaban J connectivity index is 1.97. The van der Waals surface area contributed by atoms with E-state index in [1.165, 1.54) is 42.6 Å². The van der Waals surface area contributed by atoms with Crippen molar-refractivity contribution in [2.45, 2.75) is 39.2 Å². The van der Waals surface area contributed by atoms with Gasteiger partial charge in [0.25, 0.3) is 0 Å². The van der Waals surface area contributed by atoms with Crippen molar-refractivity contribution < 1.29 is 0 Å². The van der Waals surface area contributed by atoms with E-state index in [0.717, 1.165) is 13.1 Å². The van der Waals surface area contributed by atoms with E-state index < -0.39 is 0 Å². The molecular weight excluding hydrogens is 228 g/mol. The molecule has 1 heterocycles. The maximum absolute atomic E-state index is 4.19. The Labute approximate surface area is 110 Å². The lowest BCUT2D eigenvalue weighted by Gasteiger charge is -2.05. The molecule has 17 heavy (non-hydrogen) atoms. The number of unbranched alkanes of at least 4 members (excludes halogenated alkanes) is 3. The molecule has 0 unspecified atom stereocenters. The first-order chi connectivity index (χ1) is 8.33. The zero-order valence-corrected chi connectivity index (χ0v) is 11.9. The smallest absolute Gasteiger partial charge is 0.0313 e. The molecule has 0 aliphatic rings. The van der Waals surface area contributed by atoms with Crippen molar-refractivity contribution in [3.63, 3.8) is 0 Å². The van der Waals surface area contributed by atoms with Gasteiger partial charge in [-0.3, -0.25) is 4.98 Å². The second-order valence-corrected chi connectivity index (χ2v) is 5.44. The predicted molar refractivity (Wildman–Crippen MR) is 77.5 cm³/mol. The third kappa shape index (κ3) is 7.40. The normalized spacial score (nSPS) is 10.7. The molecule has 0 saturated heterocycles. The first-order valence-electron chi connectivity index (χ1n) is 6.43. The van der Waals surface area contributed by atoms with Crippen LogP contribution in [0.25, 0.3) is 0 Å². The number of aryl methyl sites for hydroxylation is 1. The number of pyridine rings is 1. The van der Waals surface area contributed by atoms with Crippen molar-refractivity contribution in [2.24, 2.45) is 0 Å². The lowest BCUT2D eigenvalue weighted by atomic mass is 10.2. The largest absolute Gasteiger partial charge is 0.313 e. The molecule has 3 heteroatoms. The predicted octanol–water partition coefficient (Wildman–Crippen LogP) is 3.40. The van der Waals surface area contributed by atoms with E-state index in [0.29, 0.717) is 0 Å². The van der Waals surface area contributed by atoms with Crippen molar-refractivity contribution in [1.29, 1.82) is 0 Å². The van der Waals surface area contributed by atoms with Crippen molar-refractivity contribution in [3.05, 3.63) is 29.6 Å². The van der Waals surface area contributed by atoms with Gasteiger partial charge in [0, 0.05) is 18.9 Å². The highest BCUT2D eigenvalue weighted by Gasteiger charge is 1.94. The van der Waals surface area contributed by atoms with Gasteiger partial charge in [0.05, 0.1) is 0 Å². The third-order valence-corrected chi connectivity index (χ3v) is 3.41. The van der Waals surface area contributed by atoms with Crippen molar-refractivity contribution >= 4 is 11.8 Å². The van der Waals surface area contributed by atoms with Crippen LogP contribution in [-0.4, -0.2) is 23.5 Å². The molecule has 0 spiro atoms. The molecule has 0 amide bonds. The molecule has 2 nitrogen and oxygen atoms in total. The number of thioether (sulfide) groups is 1. The van der Waals surface area contributed by atoms with Gasteiger partial charge in [0.1, 0.15) is 0 Å². The fraction of sp³-hybridized carbons (Fsp3) is 0.643. The lowest BCUT2D eigenvalue weighted by molar-refractivity contribution is 0.599. The summed E-state index contributed by atoms with van der Waals surface area (Å²) in [5.41, 5.74) is 2.52. The minimum Gasteiger partial charge on any atom is -0.313 e. The van der Waals surface area contributed by atoms with Crippen LogP contribution in [0.2, 0.25) is 0 Å². The number of rotatable bonds is 9. The Hall–Kier alpha value is -0.540. The summed E-state index contributed by atoms with van der Waals surface area (Å²) in [4.78, 5) is 4.19. The Bertz CT molecular complexity index is 302. The topological polar surface area (TPSA) is 24.9 Å². The molecule has 0 radical (unpaired) electrons. The fourth-order valence-electron chi connectivity index (χ4n) is 1.80. The standard InChI is InChI=1S/C14H24N2S/c1-13-9-14(12-16-10-13)11-15-7-5-3-4-6-8-17-2/h9-10,12,15H,3-8,11H2,1-2H3. The highest BCUT2D eigenvalue weighted by molar-refractivity contribution is 7.98. The second-order valence-electron chi connectivity index (χ2n) is 4.45. The zero-order chi connectivity index (χ0) is 12.3. The molecule has 0 bridgehead atoms. The van der Waals surface area contributed by atoms with Gasteiger partial charge in [0.2, 0.25) is 0 Å². The van der Waals surface area contributed by atoms with Crippen LogP contribution >= 0.6 is 11.8 Å². The quantitative estimate of drug-likeness (QED) is 0.682. The lowest BCUT2D eigenvalue weighted by Crippen LogP contribution is -2.14. The first kappa shape index (κ1) is 14.5. The van der Waals surface area contributed by atoms with Gasteiger partial charge in [-0.25, -0.2) is 0 Å². The molecule has 0 saturated carbocycles. The number of hydrogen-bond donors (Lipinski definition) is 1. The second kappa shape index (κ2) is 9.49. The minimum atomic E-state index is 0.944. The number of hydrogen-bond acceptors (Lipinski definition) is 3. The maximum atomic E-state index is 4.19. The van der Waals surface area contributed by atoms with Gasteiger partial charge >= 0.3 is 0 Å². The summed E-state index contributed by atoms with van der Waals surface area (Å²) in [6.07, 6.45) is 11.4. The summed E-state index contributed by atoms with van der Waals surface area (Å²) in [5, 5.41) is 3.47. The van der Waals surface area contributed by atoms with Crippen LogP contribution in [0.3, 0.4) is 0 Å².